The third-order valence-electron chi connectivity index (χ3n) is 6.19. The molecule has 2 aliphatic carbocycles. The fourth-order valence-electron chi connectivity index (χ4n) is 4.27. The van der Waals surface area contributed by atoms with Gasteiger partial charge < -0.3 is 14.8 Å². The molecule has 0 amide bonds. The van der Waals surface area contributed by atoms with Crippen molar-refractivity contribution in [2.45, 2.75) is 62.9 Å². The number of hydrogen-bond acceptors (Lipinski definition) is 6. The Labute approximate surface area is 158 Å². The maximum Gasteiger partial charge on any atom is 0.138 e. The van der Waals surface area contributed by atoms with Crippen molar-refractivity contribution in [2.24, 2.45) is 0 Å². The predicted octanol–water partition coefficient (Wildman–Crippen LogP) is 4.06. The summed E-state index contributed by atoms with van der Waals surface area (Å²) < 4.78 is 11.5. The normalized spacial score (nSPS) is 22.3. The van der Waals surface area contributed by atoms with Gasteiger partial charge in [0.15, 0.2) is 0 Å². The first kappa shape index (κ1) is 16.9. The summed E-state index contributed by atoms with van der Waals surface area (Å²) in [4.78, 5) is 12.7. The minimum atomic E-state index is -0.147. The van der Waals surface area contributed by atoms with Crippen LogP contribution in [0.1, 0.15) is 60.7 Å². The van der Waals surface area contributed by atoms with Gasteiger partial charge in [0, 0.05) is 50.5 Å². The van der Waals surface area contributed by atoms with Crippen molar-refractivity contribution in [1.29, 1.82) is 0 Å². The van der Waals surface area contributed by atoms with E-state index in [9.17, 15) is 0 Å². The van der Waals surface area contributed by atoms with Crippen LogP contribution >= 0.6 is 11.3 Å². The summed E-state index contributed by atoms with van der Waals surface area (Å²) in [5, 5.41) is 4.97. The highest BCUT2D eigenvalue weighted by atomic mass is 32.1. The van der Waals surface area contributed by atoms with Gasteiger partial charge in [-0.05, 0) is 44.1 Å². The SMILES string of the molecule is COC1(CNc2nc(C3CC3)nc3sc4c(c23)CCCC4)CCOCC1. The largest absolute Gasteiger partial charge is 0.381 e. The summed E-state index contributed by atoms with van der Waals surface area (Å²) in [6.07, 6.45) is 9.28. The summed E-state index contributed by atoms with van der Waals surface area (Å²) in [5.41, 5.74) is 1.35. The molecule has 2 aromatic rings. The highest BCUT2D eigenvalue weighted by Crippen LogP contribution is 2.43. The summed E-state index contributed by atoms with van der Waals surface area (Å²) in [6.45, 7) is 2.33. The second kappa shape index (κ2) is 6.73. The highest BCUT2D eigenvalue weighted by molar-refractivity contribution is 7.19. The van der Waals surface area contributed by atoms with Gasteiger partial charge in [0.1, 0.15) is 16.5 Å². The van der Waals surface area contributed by atoms with Gasteiger partial charge >= 0.3 is 0 Å². The van der Waals surface area contributed by atoms with E-state index in [0.717, 1.165) is 44.2 Å². The molecule has 0 aromatic carbocycles. The fourth-order valence-corrected chi connectivity index (χ4v) is 5.54. The minimum absolute atomic E-state index is 0.147. The van der Waals surface area contributed by atoms with Gasteiger partial charge in [0.05, 0.1) is 11.0 Å². The highest BCUT2D eigenvalue weighted by Gasteiger charge is 2.34. The van der Waals surface area contributed by atoms with Crippen molar-refractivity contribution in [3.8, 4) is 0 Å². The van der Waals surface area contributed by atoms with E-state index in [4.69, 9.17) is 19.4 Å². The van der Waals surface area contributed by atoms with E-state index >= 15 is 0 Å². The lowest BCUT2D eigenvalue weighted by Crippen LogP contribution is -2.44. The Balaban J connectivity index is 1.51. The Morgan fingerprint density at radius 2 is 2.00 bits per heavy atom. The number of aryl methyl sites for hydroxylation is 2. The number of hydrogen-bond donors (Lipinski definition) is 1. The zero-order chi connectivity index (χ0) is 17.6. The minimum Gasteiger partial charge on any atom is -0.381 e. The third kappa shape index (κ3) is 3.02. The van der Waals surface area contributed by atoms with E-state index in [2.05, 4.69) is 5.32 Å². The van der Waals surface area contributed by atoms with Gasteiger partial charge in [0.25, 0.3) is 0 Å². The molecule has 3 heterocycles. The fraction of sp³-hybridized carbons (Fsp3) is 0.700. The molecule has 2 aromatic heterocycles. The van der Waals surface area contributed by atoms with Crippen molar-refractivity contribution in [3.63, 3.8) is 0 Å². The van der Waals surface area contributed by atoms with E-state index in [1.54, 1.807) is 0 Å². The molecular weight excluding hydrogens is 346 g/mol. The third-order valence-corrected chi connectivity index (χ3v) is 7.38. The first-order chi connectivity index (χ1) is 12.8. The number of methoxy groups -OCH3 is 1. The number of fused-ring (bicyclic) bond motifs is 3. The second-order valence-electron chi connectivity index (χ2n) is 7.95. The zero-order valence-corrected chi connectivity index (χ0v) is 16.3. The van der Waals surface area contributed by atoms with E-state index in [-0.39, 0.29) is 5.60 Å². The molecule has 0 atom stereocenters. The molecule has 2 fully saturated rings. The van der Waals surface area contributed by atoms with Gasteiger partial charge in [-0.25, -0.2) is 9.97 Å². The van der Waals surface area contributed by atoms with Crippen molar-refractivity contribution in [3.05, 3.63) is 16.3 Å². The molecule has 1 saturated heterocycles. The molecule has 0 radical (unpaired) electrons. The van der Waals surface area contributed by atoms with Crippen LogP contribution in [0.5, 0.6) is 0 Å². The zero-order valence-electron chi connectivity index (χ0n) is 15.5. The van der Waals surface area contributed by atoms with Crippen LogP contribution in [-0.2, 0) is 22.3 Å². The van der Waals surface area contributed by atoms with Gasteiger partial charge in [-0.3, -0.25) is 0 Å². The van der Waals surface area contributed by atoms with E-state index < -0.39 is 0 Å². The maximum absolute atomic E-state index is 5.91. The molecule has 5 nitrogen and oxygen atoms in total. The number of ether oxygens (including phenoxy) is 2. The lowest BCUT2D eigenvalue weighted by molar-refractivity contribution is -0.0807. The van der Waals surface area contributed by atoms with Crippen molar-refractivity contribution in [2.75, 3.05) is 32.2 Å². The number of nitrogens with one attached hydrogen (secondary N) is 1. The molecule has 3 aliphatic rings. The molecule has 6 heteroatoms. The van der Waals surface area contributed by atoms with Crippen LogP contribution in [0.3, 0.4) is 0 Å². The second-order valence-corrected chi connectivity index (χ2v) is 9.03. The van der Waals surface area contributed by atoms with Crippen LogP contribution in [0.15, 0.2) is 0 Å². The standard InChI is InChI=1S/C20H27N3O2S/c1-24-20(8-10-25-11-9-20)12-21-18-16-14-4-2-3-5-15(14)26-19(16)23-17(22-18)13-6-7-13/h13H,2-12H2,1H3,(H,21,22,23). The number of thiophene rings is 1. The van der Waals surface area contributed by atoms with Crippen LogP contribution in [0.2, 0.25) is 0 Å². The van der Waals surface area contributed by atoms with Gasteiger partial charge in [-0.15, -0.1) is 11.3 Å². The van der Waals surface area contributed by atoms with E-state index in [1.165, 1.54) is 59.2 Å². The van der Waals surface area contributed by atoms with Crippen molar-refractivity contribution in [1.82, 2.24) is 9.97 Å². The lowest BCUT2D eigenvalue weighted by atomic mass is 9.93. The number of rotatable bonds is 5. The summed E-state index contributed by atoms with van der Waals surface area (Å²) in [7, 11) is 1.82. The molecule has 26 heavy (non-hydrogen) atoms. The van der Waals surface area contributed by atoms with Gasteiger partial charge in [-0.2, -0.15) is 0 Å². The smallest absolute Gasteiger partial charge is 0.138 e. The molecule has 1 N–H and O–H groups in total. The van der Waals surface area contributed by atoms with Gasteiger partial charge in [-0.1, -0.05) is 0 Å². The molecule has 140 valence electrons. The first-order valence-corrected chi connectivity index (χ1v) is 10.8. The Morgan fingerprint density at radius 1 is 1.19 bits per heavy atom. The average Bonchev–Trinajstić information content (AvgIpc) is 3.47. The first-order valence-electron chi connectivity index (χ1n) is 9.97. The van der Waals surface area contributed by atoms with E-state index in [0.29, 0.717) is 5.92 Å². The lowest BCUT2D eigenvalue weighted by Gasteiger charge is -2.36. The van der Waals surface area contributed by atoms with Crippen LogP contribution in [0, 0.1) is 0 Å². The van der Waals surface area contributed by atoms with Crippen LogP contribution in [-0.4, -0.2) is 42.4 Å². The monoisotopic (exact) mass is 373 g/mol. The summed E-state index contributed by atoms with van der Waals surface area (Å²) >= 11 is 1.90. The van der Waals surface area contributed by atoms with Crippen LogP contribution in [0.25, 0.3) is 10.2 Å². The number of anilines is 1. The Kier molecular flexibility index (Phi) is 4.38. The Bertz CT molecular complexity index is 809. The molecule has 1 saturated carbocycles. The maximum atomic E-state index is 5.91. The van der Waals surface area contributed by atoms with Crippen molar-refractivity contribution < 1.29 is 9.47 Å². The molecule has 1 aliphatic heterocycles. The Morgan fingerprint density at radius 3 is 2.77 bits per heavy atom. The molecule has 0 bridgehead atoms. The number of aromatic nitrogens is 2. The van der Waals surface area contributed by atoms with Gasteiger partial charge in [0.2, 0.25) is 0 Å². The van der Waals surface area contributed by atoms with E-state index in [1.807, 2.05) is 18.4 Å². The summed E-state index contributed by atoms with van der Waals surface area (Å²) in [5.74, 6) is 2.65. The number of nitrogens with zero attached hydrogens (tertiary/aromatic N) is 2. The summed E-state index contributed by atoms with van der Waals surface area (Å²) in [6, 6.07) is 0. The average molecular weight is 374 g/mol. The molecular formula is C20H27N3O2S. The van der Waals surface area contributed by atoms with Crippen molar-refractivity contribution >= 4 is 27.4 Å². The quantitative estimate of drug-likeness (QED) is 0.857. The molecule has 0 spiro atoms. The Hall–Kier alpha value is -1.24. The van der Waals surface area contributed by atoms with Crippen LogP contribution in [0.4, 0.5) is 5.82 Å². The molecule has 0 unspecified atom stereocenters. The molecule has 5 rings (SSSR count). The van der Waals surface area contributed by atoms with Crippen LogP contribution < -0.4 is 5.32 Å². The topological polar surface area (TPSA) is 56.3 Å². The predicted molar refractivity (Wildman–Crippen MR) is 104 cm³/mol.